The summed E-state index contributed by atoms with van der Waals surface area (Å²) in [6.07, 6.45) is 2.87. The highest BCUT2D eigenvalue weighted by Crippen LogP contribution is 2.42. The molecule has 8 nitrogen and oxygen atoms in total. The SMILES string of the molecule is CC(C)(C)OC(=O)N1CCC2(CC1)Cn1nncc1C2=N[S+]([O-])C(C)(C)C. The normalized spacial score (nSPS) is 22.2. The highest BCUT2D eigenvalue weighted by molar-refractivity contribution is 7.91. The van der Waals surface area contributed by atoms with Gasteiger partial charge in [0.25, 0.3) is 0 Å². The monoisotopic (exact) mass is 395 g/mol. The number of aromatic nitrogens is 3. The van der Waals surface area contributed by atoms with E-state index in [-0.39, 0.29) is 11.5 Å². The van der Waals surface area contributed by atoms with Gasteiger partial charge in [0.15, 0.2) is 0 Å². The van der Waals surface area contributed by atoms with E-state index in [1.54, 1.807) is 11.1 Å². The van der Waals surface area contributed by atoms with Crippen LogP contribution in [0, 0.1) is 5.41 Å². The Balaban J connectivity index is 1.81. The number of amides is 1. The number of hydrogen-bond donors (Lipinski definition) is 0. The van der Waals surface area contributed by atoms with Gasteiger partial charge in [0, 0.05) is 18.5 Å². The molecule has 1 amide bonds. The van der Waals surface area contributed by atoms with Crippen molar-refractivity contribution in [1.29, 1.82) is 0 Å². The third-order valence-corrected chi connectivity index (χ3v) is 6.28. The summed E-state index contributed by atoms with van der Waals surface area (Å²) >= 11 is -1.36. The molecule has 1 aromatic rings. The Labute approximate surface area is 163 Å². The number of fused-ring (bicyclic) bond motifs is 1. The van der Waals surface area contributed by atoms with Crippen LogP contribution in [0.2, 0.25) is 0 Å². The zero-order valence-electron chi connectivity index (χ0n) is 17.0. The fourth-order valence-corrected chi connectivity index (χ4v) is 4.12. The van der Waals surface area contributed by atoms with Crippen LogP contribution in [0.3, 0.4) is 0 Å². The second-order valence-electron chi connectivity index (χ2n) is 9.33. The van der Waals surface area contributed by atoms with Crippen molar-refractivity contribution in [3.63, 3.8) is 0 Å². The summed E-state index contributed by atoms with van der Waals surface area (Å²) in [5.74, 6) is 0. The van der Waals surface area contributed by atoms with Crippen molar-refractivity contribution in [3.8, 4) is 0 Å². The molecule has 2 aliphatic heterocycles. The van der Waals surface area contributed by atoms with Crippen molar-refractivity contribution < 1.29 is 14.1 Å². The Bertz CT molecular complexity index is 739. The molecule has 27 heavy (non-hydrogen) atoms. The van der Waals surface area contributed by atoms with E-state index in [4.69, 9.17) is 4.74 Å². The van der Waals surface area contributed by atoms with E-state index in [0.717, 1.165) is 24.2 Å². The molecule has 0 saturated carbocycles. The van der Waals surface area contributed by atoms with Crippen molar-refractivity contribution >= 4 is 23.2 Å². The third kappa shape index (κ3) is 4.13. The molecular formula is C18H29N5O3S. The molecule has 1 fully saturated rings. The first-order valence-electron chi connectivity index (χ1n) is 9.29. The molecule has 1 aromatic heterocycles. The summed E-state index contributed by atoms with van der Waals surface area (Å²) in [5, 5.41) is 8.12. The maximum atomic E-state index is 12.7. The average Bonchev–Trinajstić information content (AvgIpc) is 3.07. The van der Waals surface area contributed by atoms with Gasteiger partial charge < -0.3 is 14.2 Å². The smallest absolute Gasteiger partial charge is 0.410 e. The fourth-order valence-electron chi connectivity index (χ4n) is 3.39. The van der Waals surface area contributed by atoms with Crippen LogP contribution in [0.25, 0.3) is 0 Å². The number of nitrogens with zero attached hydrogens (tertiary/aromatic N) is 5. The van der Waals surface area contributed by atoms with Crippen LogP contribution in [-0.4, -0.2) is 59.7 Å². The van der Waals surface area contributed by atoms with Crippen molar-refractivity contribution in [2.24, 2.45) is 9.81 Å². The Morgan fingerprint density at radius 1 is 1.26 bits per heavy atom. The highest BCUT2D eigenvalue weighted by atomic mass is 32.2. The van der Waals surface area contributed by atoms with Crippen LogP contribution < -0.4 is 0 Å². The first kappa shape index (κ1) is 20.1. The second-order valence-corrected chi connectivity index (χ2v) is 11.2. The maximum Gasteiger partial charge on any atom is 0.410 e. The Kier molecular flexibility index (Phi) is 5.05. The van der Waals surface area contributed by atoms with Crippen molar-refractivity contribution in [2.75, 3.05) is 13.1 Å². The van der Waals surface area contributed by atoms with E-state index in [0.29, 0.717) is 19.6 Å². The second kappa shape index (κ2) is 6.77. The summed E-state index contributed by atoms with van der Waals surface area (Å²) in [7, 11) is 0. The van der Waals surface area contributed by atoms with Crippen LogP contribution in [-0.2, 0) is 22.6 Å². The van der Waals surface area contributed by atoms with Gasteiger partial charge in [0.05, 0.1) is 12.7 Å². The molecular weight excluding hydrogens is 366 g/mol. The largest absolute Gasteiger partial charge is 0.591 e. The molecule has 3 rings (SSSR count). The first-order chi connectivity index (χ1) is 12.4. The quantitative estimate of drug-likeness (QED) is 0.681. The zero-order chi connectivity index (χ0) is 20.0. The number of carbonyl (C=O) groups is 1. The highest BCUT2D eigenvalue weighted by Gasteiger charge is 2.49. The Hall–Kier alpha value is -1.61. The number of ether oxygens (including phenoxy) is 1. The first-order valence-corrected chi connectivity index (χ1v) is 10.4. The third-order valence-electron chi connectivity index (χ3n) is 4.89. The number of hydrogen-bond acceptors (Lipinski definition) is 6. The standard InChI is InChI=1S/C18H29N5O3S/c1-16(2,3)26-15(24)22-9-7-18(8-10-22)12-23-13(11-19-21-23)14(18)20-27(25)17(4,5)6/h11H,7-10,12H2,1-6H3. The maximum absolute atomic E-state index is 12.7. The predicted octanol–water partition coefficient (Wildman–Crippen LogP) is 2.56. The summed E-state index contributed by atoms with van der Waals surface area (Å²) in [4.78, 5) is 14.1. The molecule has 9 heteroatoms. The molecule has 150 valence electrons. The summed E-state index contributed by atoms with van der Waals surface area (Å²) in [6, 6.07) is 0. The molecule has 2 aliphatic rings. The average molecular weight is 396 g/mol. The lowest BCUT2D eigenvalue weighted by Crippen LogP contribution is -2.48. The Morgan fingerprint density at radius 3 is 2.44 bits per heavy atom. The summed E-state index contributed by atoms with van der Waals surface area (Å²) in [5.41, 5.74) is 0.872. The molecule has 1 atom stereocenters. The van der Waals surface area contributed by atoms with Gasteiger partial charge in [-0.2, -0.15) is 0 Å². The predicted molar refractivity (Wildman–Crippen MR) is 104 cm³/mol. The van der Waals surface area contributed by atoms with Gasteiger partial charge in [-0.1, -0.05) is 9.61 Å². The number of likely N-dealkylation sites (tertiary alicyclic amines) is 1. The van der Waals surface area contributed by atoms with Gasteiger partial charge >= 0.3 is 6.09 Å². The number of piperidine rings is 1. The van der Waals surface area contributed by atoms with Crippen molar-refractivity contribution in [1.82, 2.24) is 19.9 Å². The van der Waals surface area contributed by atoms with Gasteiger partial charge in [-0.15, -0.1) is 5.10 Å². The molecule has 1 spiro atoms. The van der Waals surface area contributed by atoms with Gasteiger partial charge in [-0.25, -0.2) is 9.48 Å². The van der Waals surface area contributed by atoms with Crippen LogP contribution in [0.1, 0.15) is 60.1 Å². The van der Waals surface area contributed by atoms with Gasteiger partial charge in [-0.3, -0.25) is 0 Å². The van der Waals surface area contributed by atoms with E-state index in [1.807, 2.05) is 46.2 Å². The van der Waals surface area contributed by atoms with Gasteiger partial charge in [0.2, 0.25) is 0 Å². The van der Waals surface area contributed by atoms with Crippen LogP contribution in [0.5, 0.6) is 0 Å². The molecule has 0 aliphatic carbocycles. The molecule has 0 radical (unpaired) electrons. The van der Waals surface area contributed by atoms with Crippen LogP contribution in [0.15, 0.2) is 10.6 Å². The minimum absolute atomic E-state index is 0.259. The van der Waals surface area contributed by atoms with E-state index >= 15 is 0 Å². The van der Waals surface area contributed by atoms with Gasteiger partial charge in [0.1, 0.15) is 33.1 Å². The zero-order valence-corrected chi connectivity index (χ0v) is 17.8. The molecule has 0 aromatic carbocycles. The van der Waals surface area contributed by atoms with Gasteiger partial charge in [-0.05, 0) is 54.4 Å². The molecule has 0 bridgehead atoms. The lowest BCUT2D eigenvalue weighted by molar-refractivity contribution is 0.0150. The van der Waals surface area contributed by atoms with E-state index in [1.165, 1.54) is 0 Å². The minimum Gasteiger partial charge on any atom is -0.591 e. The number of rotatable bonds is 1. The molecule has 3 heterocycles. The summed E-state index contributed by atoms with van der Waals surface area (Å²) < 4.78 is 24.2. The topological polar surface area (TPSA) is 95.7 Å². The van der Waals surface area contributed by atoms with Crippen LogP contribution >= 0.6 is 0 Å². The van der Waals surface area contributed by atoms with E-state index in [2.05, 4.69) is 14.7 Å². The Morgan fingerprint density at radius 2 is 1.89 bits per heavy atom. The lowest BCUT2D eigenvalue weighted by Gasteiger charge is -2.39. The van der Waals surface area contributed by atoms with Crippen molar-refractivity contribution in [3.05, 3.63) is 11.9 Å². The van der Waals surface area contributed by atoms with E-state index < -0.39 is 21.7 Å². The van der Waals surface area contributed by atoms with E-state index in [9.17, 15) is 9.35 Å². The fraction of sp³-hybridized carbons (Fsp3) is 0.778. The lowest BCUT2D eigenvalue weighted by atomic mass is 9.75. The molecule has 1 saturated heterocycles. The summed E-state index contributed by atoms with van der Waals surface area (Å²) in [6.45, 7) is 13.2. The molecule has 0 N–H and O–H groups in total. The van der Waals surface area contributed by atoms with Crippen LogP contribution in [0.4, 0.5) is 4.79 Å². The number of carbonyl (C=O) groups excluding carboxylic acids is 1. The minimum atomic E-state index is -1.36. The molecule has 1 unspecified atom stereocenters. The van der Waals surface area contributed by atoms with Crippen molar-refractivity contribution in [2.45, 2.75) is 71.3 Å².